The summed E-state index contributed by atoms with van der Waals surface area (Å²) in [4.78, 5) is 2.57. The highest BCUT2D eigenvalue weighted by Gasteiger charge is 2.00. The Bertz CT molecular complexity index is 279. The van der Waals surface area contributed by atoms with E-state index >= 15 is 0 Å². The smallest absolute Gasteiger partial charge is 0.00218 e. The maximum atomic E-state index is 2.57. The van der Waals surface area contributed by atoms with Gasteiger partial charge in [0.25, 0.3) is 0 Å². The lowest BCUT2D eigenvalue weighted by Crippen LogP contribution is -2.20. The van der Waals surface area contributed by atoms with Crippen molar-refractivity contribution in [3.05, 3.63) is 0 Å². The molecule has 0 aliphatic carbocycles. The van der Waals surface area contributed by atoms with Crippen molar-refractivity contribution in [1.29, 1.82) is 0 Å². The van der Waals surface area contributed by atoms with Gasteiger partial charge in [-0.25, -0.2) is 0 Å². The van der Waals surface area contributed by atoms with E-state index in [0.29, 0.717) is 0 Å². The van der Waals surface area contributed by atoms with Gasteiger partial charge in [0.15, 0.2) is 0 Å². The molecule has 0 aromatic rings. The highest BCUT2D eigenvalue weighted by Crippen LogP contribution is 2.14. The molecular formula is C29H61N. The van der Waals surface area contributed by atoms with Crippen LogP contribution in [0.15, 0.2) is 0 Å². The van der Waals surface area contributed by atoms with Gasteiger partial charge >= 0.3 is 0 Å². The molecule has 0 aliphatic rings. The fourth-order valence-corrected chi connectivity index (χ4v) is 4.46. The van der Waals surface area contributed by atoms with Gasteiger partial charge in [-0.2, -0.15) is 0 Å². The van der Waals surface area contributed by atoms with Crippen molar-refractivity contribution in [3.8, 4) is 0 Å². The van der Waals surface area contributed by atoms with E-state index in [-0.39, 0.29) is 0 Å². The van der Waals surface area contributed by atoms with Crippen LogP contribution in [0.2, 0.25) is 0 Å². The molecule has 0 saturated heterocycles. The van der Waals surface area contributed by atoms with Crippen LogP contribution in [-0.4, -0.2) is 25.0 Å². The Morgan fingerprint density at radius 2 is 0.600 bits per heavy atom. The third-order valence-corrected chi connectivity index (χ3v) is 6.64. The van der Waals surface area contributed by atoms with Gasteiger partial charge in [0.05, 0.1) is 0 Å². The second-order valence-corrected chi connectivity index (χ2v) is 11.0. The molecule has 1 nitrogen and oxygen atoms in total. The van der Waals surface area contributed by atoms with Crippen LogP contribution in [0.3, 0.4) is 0 Å². The minimum Gasteiger partial charge on any atom is -0.306 e. The standard InChI is InChI=1S/C29H61N/c1-28(2)24-20-16-12-8-6-10-14-18-22-26-30(5)27-23-19-15-11-7-9-13-17-21-25-29(3)4/h28-29H,6-27H2,1-5H3. The van der Waals surface area contributed by atoms with Crippen molar-refractivity contribution in [1.82, 2.24) is 4.90 Å². The van der Waals surface area contributed by atoms with E-state index < -0.39 is 0 Å². The maximum absolute atomic E-state index is 2.57. The van der Waals surface area contributed by atoms with Crippen LogP contribution >= 0.6 is 0 Å². The molecular weight excluding hydrogens is 362 g/mol. The summed E-state index contributed by atoms with van der Waals surface area (Å²) < 4.78 is 0. The van der Waals surface area contributed by atoms with Gasteiger partial charge in [-0.1, -0.05) is 143 Å². The zero-order valence-electron chi connectivity index (χ0n) is 22.2. The first-order valence-corrected chi connectivity index (χ1v) is 14.2. The van der Waals surface area contributed by atoms with Crippen molar-refractivity contribution in [3.63, 3.8) is 0 Å². The topological polar surface area (TPSA) is 3.24 Å². The van der Waals surface area contributed by atoms with Crippen molar-refractivity contribution < 1.29 is 0 Å². The predicted octanol–water partition coefficient (Wildman–Crippen LogP) is 10.0. The molecule has 1 heteroatoms. The van der Waals surface area contributed by atoms with E-state index in [2.05, 4.69) is 39.6 Å². The average molecular weight is 424 g/mol. The summed E-state index contributed by atoms with van der Waals surface area (Å²) in [5.41, 5.74) is 0. The Hall–Kier alpha value is -0.0400. The lowest BCUT2D eigenvalue weighted by molar-refractivity contribution is 0.314. The van der Waals surface area contributed by atoms with E-state index in [1.165, 1.54) is 142 Å². The number of hydrogen-bond donors (Lipinski definition) is 0. The Kier molecular flexibility index (Phi) is 23.6. The normalized spacial score (nSPS) is 12.0. The van der Waals surface area contributed by atoms with Crippen LogP contribution in [0.5, 0.6) is 0 Å². The molecule has 0 rings (SSSR count). The number of nitrogens with zero attached hydrogens (tertiary/aromatic N) is 1. The molecule has 182 valence electrons. The summed E-state index contributed by atoms with van der Waals surface area (Å²) in [5.74, 6) is 1.78. The molecule has 0 amide bonds. The van der Waals surface area contributed by atoms with E-state index in [0.717, 1.165) is 11.8 Å². The first kappa shape index (κ1) is 30.0. The summed E-state index contributed by atoms with van der Waals surface area (Å²) in [7, 11) is 2.33. The summed E-state index contributed by atoms with van der Waals surface area (Å²) in [5, 5.41) is 0. The minimum atomic E-state index is 0.891. The Morgan fingerprint density at radius 1 is 0.367 bits per heavy atom. The van der Waals surface area contributed by atoms with E-state index in [1.54, 1.807) is 0 Å². The van der Waals surface area contributed by atoms with Gasteiger partial charge in [-0.05, 0) is 44.8 Å². The molecule has 0 N–H and O–H groups in total. The molecule has 0 aliphatic heterocycles. The van der Waals surface area contributed by atoms with Crippen LogP contribution < -0.4 is 0 Å². The van der Waals surface area contributed by atoms with Gasteiger partial charge in [-0.15, -0.1) is 0 Å². The third-order valence-electron chi connectivity index (χ3n) is 6.64. The largest absolute Gasteiger partial charge is 0.306 e. The molecule has 0 aromatic carbocycles. The lowest BCUT2D eigenvalue weighted by Gasteiger charge is -2.16. The molecule has 0 aromatic heterocycles. The summed E-state index contributed by atoms with van der Waals surface area (Å²) in [6.07, 6.45) is 29.0. The molecule has 30 heavy (non-hydrogen) atoms. The molecule has 0 spiro atoms. The van der Waals surface area contributed by atoms with Crippen molar-refractivity contribution >= 4 is 0 Å². The second kappa shape index (κ2) is 23.6. The van der Waals surface area contributed by atoms with Gasteiger partial charge in [0, 0.05) is 0 Å². The Labute approximate surface area is 193 Å². The minimum absolute atomic E-state index is 0.891. The van der Waals surface area contributed by atoms with Crippen LogP contribution in [-0.2, 0) is 0 Å². The van der Waals surface area contributed by atoms with Crippen molar-refractivity contribution in [2.45, 2.75) is 156 Å². The lowest BCUT2D eigenvalue weighted by atomic mass is 10.0. The number of rotatable bonds is 24. The van der Waals surface area contributed by atoms with Gasteiger partial charge in [-0.3, -0.25) is 0 Å². The first-order valence-electron chi connectivity index (χ1n) is 14.2. The summed E-state index contributed by atoms with van der Waals surface area (Å²) in [6, 6.07) is 0. The van der Waals surface area contributed by atoms with Crippen LogP contribution in [0, 0.1) is 11.8 Å². The summed E-state index contributed by atoms with van der Waals surface area (Å²) in [6.45, 7) is 12.0. The zero-order chi connectivity index (χ0) is 22.3. The van der Waals surface area contributed by atoms with Crippen molar-refractivity contribution in [2.24, 2.45) is 11.8 Å². The SMILES string of the molecule is CC(C)CCCCCCCCCCCN(C)CCCCCCCCCCCC(C)C. The monoisotopic (exact) mass is 423 g/mol. The first-order chi connectivity index (χ1) is 14.5. The van der Waals surface area contributed by atoms with Gasteiger partial charge in [0.2, 0.25) is 0 Å². The van der Waals surface area contributed by atoms with Crippen molar-refractivity contribution in [2.75, 3.05) is 20.1 Å². The number of unbranched alkanes of at least 4 members (excludes halogenated alkanes) is 16. The fourth-order valence-electron chi connectivity index (χ4n) is 4.46. The highest BCUT2D eigenvalue weighted by molar-refractivity contribution is 4.55. The molecule has 0 unspecified atom stereocenters. The van der Waals surface area contributed by atoms with Gasteiger partial charge < -0.3 is 4.90 Å². The zero-order valence-corrected chi connectivity index (χ0v) is 22.2. The molecule has 0 radical (unpaired) electrons. The highest BCUT2D eigenvalue weighted by atomic mass is 15.1. The predicted molar refractivity (Wildman–Crippen MR) is 140 cm³/mol. The maximum Gasteiger partial charge on any atom is -0.00218 e. The number of hydrogen-bond acceptors (Lipinski definition) is 1. The fraction of sp³-hybridized carbons (Fsp3) is 1.00. The summed E-state index contributed by atoms with van der Waals surface area (Å²) >= 11 is 0. The quantitative estimate of drug-likeness (QED) is 0.140. The van der Waals surface area contributed by atoms with Crippen LogP contribution in [0.1, 0.15) is 156 Å². The van der Waals surface area contributed by atoms with Crippen LogP contribution in [0.4, 0.5) is 0 Å². The second-order valence-electron chi connectivity index (χ2n) is 11.0. The van der Waals surface area contributed by atoms with E-state index in [9.17, 15) is 0 Å². The van der Waals surface area contributed by atoms with E-state index in [1.807, 2.05) is 0 Å². The van der Waals surface area contributed by atoms with Crippen LogP contribution in [0.25, 0.3) is 0 Å². The Morgan fingerprint density at radius 3 is 0.867 bits per heavy atom. The third kappa shape index (κ3) is 26.0. The van der Waals surface area contributed by atoms with E-state index in [4.69, 9.17) is 0 Å². The van der Waals surface area contributed by atoms with Gasteiger partial charge in [0.1, 0.15) is 0 Å². The molecule has 0 atom stereocenters. The molecule has 0 fully saturated rings. The molecule has 0 bridgehead atoms. The average Bonchev–Trinajstić information content (AvgIpc) is 2.69. The molecule has 0 heterocycles. The Balaban J connectivity index is 3.16. The molecule has 0 saturated carbocycles.